The predicted octanol–water partition coefficient (Wildman–Crippen LogP) is 2.22. The van der Waals surface area contributed by atoms with E-state index in [1.165, 1.54) is 43.5 Å². The second-order valence-corrected chi connectivity index (χ2v) is 5.64. The van der Waals surface area contributed by atoms with Crippen LogP contribution in [0.3, 0.4) is 0 Å². The molecule has 0 heterocycles. The SMILES string of the molecule is COc1ccc(S(=O)(=O)Nc2ccccc2F)c(N)c1. The summed E-state index contributed by atoms with van der Waals surface area (Å²) in [7, 11) is -2.52. The number of rotatable bonds is 4. The molecule has 7 heteroatoms. The lowest BCUT2D eigenvalue weighted by atomic mass is 10.3. The van der Waals surface area contributed by atoms with Gasteiger partial charge in [0.15, 0.2) is 0 Å². The van der Waals surface area contributed by atoms with Gasteiger partial charge in [0.25, 0.3) is 10.0 Å². The molecule has 2 aromatic carbocycles. The maximum absolute atomic E-state index is 13.5. The molecule has 0 bridgehead atoms. The zero-order chi connectivity index (χ0) is 14.8. The van der Waals surface area contributed by atoms with Crippen molar-refractivity contribution in [1.29, 1.82) is 0 Å². The number of hydrogen-bond acceptors (Lipinski definition) is 4. The Kier molecular flexibility index (Phi) is 3.80. The third-order valence-electron chi connectivity index (χ3n) is 2.62. The first kappa shape index (κ1) is 14.1. The van der Waals surface area contributed by atoms with E-state index in [0.29, 0.717) is 5.75 Å². The molecule has 0 aromatic heterocycles. The van der Waals surface area contributed by atoms with Crippen LogP contribution in [0.25, 0.3) is 0 Å². The summed E-state index contributed by atoms with van der Waals surface area (Å²) in [4.78, 5) is -0.137. The van der Waals surface area contributed by atoms with E-state index in [2.05, 4.69) is 4.72 Å². The Balaban J connectivity index is 2.39. The number of benzene rings is 2. The number of nitrogens with two attached hydrogens (primary N) is 1. The number of methoxy groups -OCH3 is 1. The summed E-state index contributed by atoms with van der Waals surface area (Å²) in [6.07, 6.45) is 0. The third kappa shape index (κ3) is 2.83. The van der Waals surface area contributed by atoms with Crippen LogP contribution in [0.2, 0.25) is 0 Å². The minimum Gasteiger partial charge on any atom is -0.497 e. The van der Waals surface area contributed by atoms with E-state index >= 15 is 0 Å². The minimum absolute atomic E-state index is 0.0215. The van der Waals surface area contributed by atoms with Crippen LogP contribution in [0, 0.1) is 5.82 Å². The molecule has 2 rings (SSSR count). The molecule has 0 spiro atoms. The van der Waals surface area contributed by atoms with Crippen LogP contribution in [-0.2, 0) is 10.0 Å². The highest BCUT2D eigenvalue weighted by molar-refractivity contribution is 7.92. The van der Waals surface area contributed by atoms with Gasteiger partial charge in [0.1, 0.15) is 16.5 Å². The van der Waals surface area contributed by atoms with E-state index in [9.17, 15) is 12.8 Å². The molecule has 3 N–H and O–H groups in total. The lowest BCUT2D eigenvalue weighted by Crippen LogP contribution is -2.15. The number of para-hydroxylation sites is 1. The monoisotopic (exact) mass is 296 g/mol. The highest BCUT2D eigenvalue weighted by Gasteiger charge is 2.19. The zero-order valence-electron chi connectivity index (χ0n) is 10.6. The molecule has 0 unspecified atom stereocenters. The second kappa shape index (κ2) is 5.38. The molecule has 20 heavy (non-hydrogen) atoms. The highest BCUT2D eigenvalue weighted by atomic mass is 32.2. The van der Waals surface area contributed by atoms with Crippen LogP contribution in [0.15, 0.2) is 47.4 Å². The van der Waals surface area contributed by atoms with Gasteiger partial charge in [-0.15, -0.1) is 0 Å². The van der Waals surface area contributed by atoms with Crippen LogP contribution < -0.4 is 15.2 Å². The molecule has 0 saturated heterocycles. The van der Waals surface area contributed by atoms with Crippen LogP contribution >= 0.6 is 0 Å². The topological polar surface area (TPSA) is 81.4 Å². The molecule has 0 amide bonds. The van der Waals surface area contributed by atoms with Gasteiger partial charge in [0.05, 0.1) is 18.5 Å². The average molecular weight is 296 g/mol. The quantitative estimate of drug-likeness (QED) is 0.848. The van der Waals surface area contributed by atoms with E-state index in [1.54, 1.807) is 0 Å². The first-order chi connectivity index (χ1) is 9.44. The molecule has 0 saturated carbocycles. The number of nitrogen functional groups attached to an aromatic ring is 1. The van der Waals surface area contributed by atoms with E-state index in [4.69, 9.17) is 10.5 Å². The summed E-state index contributed by atoms with van der Waals surface area (Å²) < 4.78 is 44.9. The summed E-state index contributed by atoms with van der Waals surface area (Å²) in [6.45, 7) is 0. The van der Waals surface area contributed by atoms with Crippen LogP contribution in [0.4, 0.5) is 15.8 Å². The molecule has 0 radical (unpaired) electrons. The fraction of sp³-hybridized carbons (Fsp3) is 0.0769. The van der Waals surface area contributed by atoms with Crippen molar-refractivity contribution in [2.45, 2.75) is 4.90 Å². The number of halogens is 1. The van der Waals surface area contributed by atoms with Gasteiger partial charge in [-0.3, -0.25) is 4.72 Å². The van der Waals surface area contributed by atoms with Gasteiger partial charge >= 0.3 is 0 Å². The highest BCUT2D eigenvalue weighted by Crippen LogP contribution is 2.26. The molecular formula is C13H13FN2O3S. The number of hydrogen-bond donors (Lipinski definition) is 2. The van der Waals surface area contributed by atoms with Crippen molar-refractivity contribution in [2.75, 3.05) is 17.6 Å². The van der Waals surface area contributed by atoms with Crippen LogP contribution in [0.1, 0.15) is 0 Å². The molecule has 106 valence electrons. The molecular weight excluding hydrogens is 283 g/mol. The normalized spacial score (nSPS) is 11.1. The van der Waals surface area contributed by atoms with Gasteiger partial charge in [-0.2, -0.15) is 0 Å². The van der Waals surface area contributed by atoms with E-state index in [0.717, 1.165) is 6.07 Å². The molecule has 0 fully saturated rings. The fourth-order valence-corrected chi connectivity index (χ4v) is 2.82. The Labute approximate surface area is 116 Å². The Bertz CT molecular complexity index is 732. The maximum atomic E-state index is 13.5. The van der Waals surface area contributed by atoms with Crippen molar-refractivity contribution in [1.82, 2.24) is 0 Å². The number of sulfonamides is 1. The maximum Gasteiger partial charge on any atom is 0.264 e. The van der Waals surface area contributed by atoms with Gasteiger partial charge in [0.2, 0.25) is 0 Å². The number of nitrogens with one attached hydrogen (secondary N) is 1. The van der Waals surface area contributed by atoms with Crippen LogP contribution in [0.5, 0.6) is 5.75 Å². The van der Waals surface area contributed by atoms with E-state index in [1.807, 2.05) is 0 Å². The van der Waals surface area contributed by atoms with E-state index < -0.39 is 15.8 Å². The van der Waals surface area contributed by atoms with Gasteiger partial charge in [-0.1, -0.05) is 12.1 Å². The summed E-state index contributed by atoms with van der Waals surface area (Å²) in [5.41, 5.74) is 5.57. The lowest BCUT2D eigenvalue weighted by molar-refractivity contribution is 0.414. The Morgan fingerprint density at radius 3 is 2.50 bits per heavy atom. The summed E-state index contributed by atoms with van der Waals surface area (Å²) >= 11 is 0. The Morgan fingerprint density at radius 1 is 1.20 bits per heavy atom. The third-order valence-corrected chi connectivity index (χ3v) is 4.06. The largest absolute Gasteiger partial charge is 0.497 e. The van der Waals surface area contributed by atoms with Gasteiger partial charge < -0.3 is 10.5 Å². The minimum atomic E-state index is -3.96. The van der Waals surface area contributed by atoms with Gasteiger partial charge in [0, 0.05) is 6.07 Å². The van der Waals surface area contributed by atoms with Crippen molar-refractivity contribution in [3.63, 3.8) is 0 Å². The standard InChI is InChI=1S/C13H13FN2O3S/c1-19-9-6-7-13(11(15)8-9)20(17,18)16-12-5-3-2-4-10(12)14/h2-8,16H,15H2,1H3. The zero-order valence-corrected chi connectivity index (χ0v) is 11.4. The molecule has 2 aromatic rings. The summed E-state index contributed by atoms with van der Waals surface area (Å²) in [5.74, 6) is -0.226. The first-order valence-electron chi connectivity index (χ1n) is 5.65. The van der Waals surface area contributed by atoms with Crippen molar-refractivity contribution < 1.29 is 17.5 Å². The molecule has 5 nitrogen and oxygen atoms in total. The van der Waals surface area contributed by atoms with Crippen LogP contribution in [-0.4, -0.2) is 15.5 Å². The molecule has 0 atom stereocenters. The fourth-order valence-electron chi connectivity index (χ4n) is 1.64. The lowest BCUT2D eigenvalue weighted by Gasteiger charge is -2.11. The number of anilines is 2. The van der Waals surface area contributed by atoms with Gasteiger partial charge in [-0.25, -0.2) is 12.8 Å². The molecule has 0 aliphatic carbocycles. The Morgan fingerprint density at radius 2 is 1.90 bits per heavy atom. The average Bonchev–Trinajstić information content (AvgIpc) is 2.40. The van der Waals surface area contributed by atoms with E-state index in [-0.39, 0.29) is 16.3 Å². The molecule has 0 aliphatic rings. The smallest absolute Gasteiger partial charge is 0.264 e. The van der Waals surface area contributed by atoms with Crippen molar-refractivity contribution in [3.8, 4) is 5.75 Å². The van der Waals surface area contributed by atoms with Crippen molar-refractivity contribution >= 4 is 21.4 Å². The Hall–Kier alpha value is -2.28. The predicted molar refractivity (Wildman–Crippen MR) is 74.6 cm³/mol. The van der Waals surface area contributed by atoms with Gasteiger partial charge in [-0.05, 0) is 24.3 Å². The van der Waals surface area contributed by atoms with Crippen molar-refractivity contribution in [3.05, 3.63) is 48.3 Å². The molecule has 0 aliphatic heterocycles. The number of ether oxygens (including phenoxy) is 1. The summed E-state index contributed by atoms with van der Waals surface area (Å²) in [6, 6.07) is 9.63. The van der Waals surface area contributed by atoms with Crippen molar-refractivity contribution in [2.24, 2.45) is 0 Å². The first-order valence-corrected chi connectivity index (χ1v) is 7.13. The summed E-state index contributed by atoms with van der Waals surface area (Å²) in [5, 5.41) is 0. The second-order valence-electron chi connectivity index (χ2n) is 3.99.